The zero-order chi connectivity index (χ0) is 21.3. The minimum Gasteiger partial charge on any atom is -0.340 e. The van der Waals surface area contributed by atoms with Crippen LogP contribution in [0.5, 0.6) is 0 Å². The Morgan fingerprint density at radius 1 is 0.933 bits per heavy atom. The van der Waals surface area contributed by atoms with E-state index in [4.69, 9.17) is 0 Å². The Hall–Kier alpha value is -2.80. The predicted octanol–water partition coefficient (Wildman–Crippen LogP) is 2.83. The first-order valence-electron chi connectivity index (χ1n) is 10.2. The molecule has 4 rings (SSSR count). The molecule has 2 unspecified atom stereocenters. The maximum absolute atomic E-state index is 13.3. The van der Waals surface area contributed by atoms with Crippen LogP contribution in [0, 0.1) is 17.6 Å². The van der Waals surface area contributed by atoms with Crippen molar-refractivity contribution in [2.45, 2.75) is 19.0 Å². The van der Waals surface area contributed by atoms with Crippen molar-refractivity contribution in [1.82, 2.24) is 14.7 Å². The normalized spacial score (nSPS) is 22.6. The maximum Gasteiger partial charge on any atom is 0.228 e. The van der Waals surface area contributed by atoms with Crippen LogP contribution in [0.1, 0.15) is 23.6 Å². The molecule has 7 heteroatoms. The van der Waals surface area contributed by atoms with E-state index in [9.17, 15) is 18.4 Å². The molecule has 0 radical (unpaired) electrons. The van der Waals surface area contributed by atoms with E-state index in [2.05, 4.69) is 4.90 Å². The molecule has 0 saturated carbocycles. The second kappa shape index (κ2) is 8.52. The average molecular weight is 413 g/mol. The van der Waals surface area contributed by atoms with Crippen LogP contribution in [0.15, 0.2) is 48.5 Å². The highest BCUT2D eigenvalue weighted by Crippen LogP contribution is 2.38. The molecule has 5 nitrogen and oxygen atoms in total. The molecule has 2 aromatic carbocycles. The molecule has 0 aromatic heterocycles. The molecule has 2 aromatic rings. The van der Waals surface area contributed by atoms with Gasteiger partial charge in [-0.15, -0.1) is 0 Å². The van der Waals surface area contributed by atoms with Gasteiger partial charge in [-0.3, -0.25) is 14.5 Å². The Morgan fingerprint density at radius 2 is 1.50 bits per heavy atom. The van der Waals surface area contributed by atoms with Gasteiger partial charge in [-0.05, 0) is 35.4 Å². The van der Waals surface area contributed by atoms with Gasteiger partial charge in [-0.25, -0.2) is 8.78 Å². The number of piperazine rings is 1. The molecule has 158 valence electrons. The van der Waals surface area contributed by atoms with Crippen LogP contribution in [0.4, 0.5) is 8.78 Å². The number of halogens is 2. The highest BCUT2D eigenvalue weighted by atomic mass is 19.1. The Morgan fingerprint density at radius 3 is 2.10 bits per heavy atom. The van der Waals surface area contributed by atoms with Gasteiger partial charge in [-0.2, -0.15) is 0 Å². The third-order valence-electron chi connectivity index (χ3n) is 6.12. The molecule has 2 saturated heterocycles. The van der Waals surface area contributed by atoms with Gasteiger partial charge in [0.2, 0.25) is 11.8 Å². The number of hydrogen-bond donors (Lipinski definition) is 0. The number of likely N-dealkylation sites (tertiary alicyclic amines) is 1. The van der Waals surface area contributed by atoms with Gasteiger partial charge >= 0.3 is 0 Å². The molecule has 2 heterocycles. The molecule has 2 aliphatic rings. The molecule has 30 heavy (non-hydrogen) atoms. The molecule has 2 fully saturated rings. The number of carbonyl (C=O) groups is 2. The SMILES string of the molecule is CN1C(=O)CC(C(=O)N2CCN(Cc3ccc(F)cc3)CC2)C1c1ccc(F)cc1. The lowest BCUT2D eigenvalue weighted by Gasteiger charge is -2.37. The second-order valence-corrected chi connectivity index (χ2v) is 8.04. The van der Waals surface area contributed by atoms with Crippen LogP contribution in [-0.2, 0) is 16.1 Å². The number of rotatable bonds is 4. The van der Waals surface area contributed by atoms with Gasteiger partial charge in [0.25, 0.3) is 0 Å². The minimum absolute atomic E-state index is 0.0246. The number of amides is 2. The summed E-state index contributed by atoms with van der Waals surface area (Å²) in [6, 6.07) is 12.1. The first-order chi connectivity index (χ1) is 14.4. The third kappa shape index (κ3) is 4.21. The van der Waals surface area contributed by atoms with Gasteiger partial charge in [0.15, 0.2) is 0 Å². The third-order valence-corrected chi connectivity index (χ3v) is 6.12. The summed E-state index contributed by atoms with van der Waals surface area (Å²) >= 11 is 0. The van der Waals surface area contributed by atoms with Crippen LogP contribution >= 0.6 is 0 Å². The van der Waals surface area contributed by atoms with Gasteiger partial charge in [0.1, 0.15) is 11.6 Å². The van der Waals surface area contributed by atoms with Crippen molar-refractivity contribution in [3.8, 4) is 0 Å². The van der Waals surface area contributed by atoms with Crippen LogP contribution in [0.2, 0.25) is 0 Å². The lowest BCUT2D eigenvalue weighted by atomic mass is 9.92. The standard InChI is InChI=1S/C23H25F2N3O2/c1-26-21(29)14-20(22(26)17-4-8-19(25)9-5-17)23(30)28-12-10-27(11-13-28)15-16-2-6-18(24)7-3-16/h2-9,20,22H,10-15H2,1H3. The predicted molar refractivity (Wildman–Crippen MR) is 108 cm³/mol. The van der Waals surface area contributed by atoms with Crippen molar-refractivity contribution in [3.63, 3.8) is 0 Å². The first-order valence-corrected chi connectivity index (χ1v) is 10.2. The quantitative estimate of drug-likeness (QED) is 0.774. The van der Waals surface area contributed by atoms with Gasteiger partial charge in [0, 0.05) is 46.2 Å². The lowest BCUT2D eigenvalue weighted by molar-refractivity contribution is -0.138. The van der Waals surface area contributed by atoms with E-state index >= 15 is 0 Å². The number of benzene rings is 2. The van der Waals surface area contributed by atoms with E-state index in [-0.39, 0.29) is 35.9 Å². The molecule has 0 aliphatic carbocycles. The van der Waals surface area contributed by atoms with Crippen molar-refractivity contribution in [1.29, 1.82) is 0 Å². The summed E-state index contributed by atoms with van der Waals surface area (Å²) in [4.78, 5) is 31.3. The summed E-state index contributed by atoms with van der Waals surface area (Å²) in [6.45, 7) is 3.34. The highest BCUT2D eigenvalue weighted by molar-refractivity contribution is 5.90. The topological polar surface area (TPSA) is 43.9 Å². The molecule has 2 amide bonds. The molecule has 2 atom stereocenters. The Bertz CT molecular complexity index is 909. The van der Waals surface area contributed by atoms with E-state index in [0.29, 0.717) is 19.6 Å². The zero-order valence-electron chi connectivity index (χ0n) is 16.9. The largest absolute Gasteiger partial charge is 0.340 e. The van der Waals surface area contributed by atoms with Crippen molar-refractivity contribution in [3.05, 3.63) is 71.3 Å². The van der Waals surface area contributed by atoms with Crippen LogP contribution < -0.4 is 0 Å². The summed E-state index contributed by atoms with van der Waals surface area (Å²) in [7, 11) is 1.70. The molecule has 2 aliphatic heterocycles. The first kappa shape index (κ1) is 20.5. The fraction of sp³-hybridized carbons (Fsp3) is 0.391. The number of carbonyl (C=O) groups excluding carboxylic acids is 2. The minimum atomic E-state index is -0.461. The van der Waals surface area contributed by atoms with E-state index < -0.39 is 5.92 Å². The number of nitrogens with zero attached hydrogens (tertiary/aromatic N) is 3. The summed E-state index contributed by atoms with van der Waals surface area (Å²) < 4.78 is 26.4. The van der Waals surface area contributed by atoms with Crippen molar-refractivity contribution in [2.75, 3.05) is 33.2 Å². The Labute approximate surface area is 174 Å². The van der Waals surface area contributed by atoms with E-state index in [1.165, 1.54) is 24.3 Å². The zero-order valence-corrected chi connectivity index (χ0v) is 16.9. The monoisotopic (exact) mass is 413 g/mol. The fourth-order valence-corrected chi connectivity index (χ4v) is 4.42. The second-order valence-electron chi connectivity index (χ2n) is 8.04. The van der Waals surface area contributed by atoms with Crippen LogP contribution in [0.25, 0.3) is 0 Å². The maximum atomic E-state index is 13.3. The van der Waals surface area contributed by atoms with E-state index in [1.54, 1.807) is 36.2 Å². The summed E-state index contributed by atoms with van der Waals surface area (Å²) in [5.74, 6) is -1.15. The van der Waals surface area contributed by atoms with Gasteiger partial charge in [0.05, 0.1) is 12.0 Å². The van der Waals surface area contributed by atoms with Gasteiger partial charge in [-0.1, -0.05) is 24.3 Å². The smallest absolute Gasteiger partial charge is 0.228 e. The lowest BCUT2D eigenvalue weighted by Crippen LogP contribution is -2.50. The molecule has 0 bridgehead atoms. The van der Waals surface area contributed by atoms with E-state index in [0.717, 1.165) is 24.2 Å². The van der Waals surface area contributed by atoms with Gasteiger partial charge < -0.3 is 9.80 Å². The fourth-order valence-electron chi connectivity index (χ4n) is 4.42. The molecular formula is C23H25F2N3O2. The van der Waals surface area contributed by atoms with E-state index in [1.807, 2.05) is 4.90 Å². The molecular weight excluding hydrogens is 388 g/mol. The molecule has 0 N–H and O–H groups in total. The van der Waals surface area contributed by atoms with Crippen LogP contribution in [0.3, 0.4) is 0 Å². The van der Waals surface area contributed by atoms with Crippen LogP contribution in [-0.4, -0.2) is 59.7 Å². The van der Waals surface area contributed by atoms with Crippen molar-refractivity contribution in [2.24, 2.45) is 5.92 Å². The Kier molecular flexibility index (Phi) is 5.81. The summed E-state index contributed by atoms with van der Waals surface area (Å²) in [5, 5.41) is 0. The average Bonchev–Trinajstić information content (AvgIpc) is 3.05. The Balaban J connectivity index is 1.40. The summed E-state index contributed by atoms with van der Waals surface area (Å²) in [5.41, 5.74) is 1.81. The number of hydrogen-bond acceptors (Lipinski definition) is 3. The van der Waals surface area contributed by atoms with Crippen molar-refractivity contribution < 1.29 is 18.4 Å². The molecule has 0 spiro atoms. The highest BCUT2D eigenvalue weighted by Gasteiger charge is 2.44. The summed E-state index contributed by atoms with van der Waals surface area (Å²) in [6.07, 6.45) is 0.174. The van der Waals surface area contributed by atoms with Crippen molar-refractivity contribution >= 4 is 11.8 Å².